The molecule has 0 bridgehead atoms. The first kappa shape index (κ1) is 22.2. The second-order valence-corrected chi connectivity index (χ2v) is 8.88. The second kappa shape index (κ2) is 9.69. The fourth-order valence-corrected chi connectivity index (χ4v) is 4.86. The van der Waals surface area contributed by atoms with Gasteiger partial charge in [-0.05, 0) is 61.4 Å². The Kier molecular flexibility index (Phi) is 6.31. The van der Waals surface area contributed by atoms with Crippen molar-refractivity contribution in [1.82, 2.24) is 14.8 Å². The molecule has 3 aromatic carbocycles. The lowest BCUT2D eigenvalue weighted by molar-refractivity contribution is -0.116. The Labute approximate surface area is 201 Å². The number of benzene rings is 3. The number of anilines is 1. The van der Waals surface area contributed by atoms with Crippen molar-refractivity contribution in [1.29, 1.82) is 0 Å². The molecule has 0 radical (unpaired) electrons. The summed E-state index contributed by atoms with van der Waals surface area (Å²) in [5.74, 6) is 1.09. The zero-order chi connectivity index (χ0) is 23.5. The summed E-state index contributed by atoms with van der Waals surface area (Å²) in [6.07, 6.45) is 0.420. The zero-order valence-electron chi connectivity index (χ0n) is 18.6. The molecular weight excluding hydrogens is 451 g/mol. The fourth-order valence-electron chi connectivity index (χ4n) is 4.03. The molecule has 0 saturated heterocycles. The number of aromatic nitrogens is 3. The Morgan fingerprint density at radius 1 is 1.03 bits per heavy atom. The maximum atomic E-state index is 13.3. The van der Waals surface area contributed by atoms with Crippen LogP contribution in [0.1, 0.15) is 24.4 Å². The normalized spacial score (nSPS) is 13.5. The number of nitrogens with zero attached hydrogens (tertiary/aromatic N) is 4. The van der Waals surface area contributed by atoms with Crippen LogP contribution in [0.2, 0.25) is 0 Å². The van der Waals surface area contributed by atoms with Crippen LogP contribution in [-0.4, -0.2) is 33.0 Å². The number of rotatable bonds is 7. The Bertz CT molecular complexity index is 1290. The molecular formula is C26H23FN4O2S. The Morgan fingerprint density at radius 2 is 1.76 bits per heavy atom. The molecule has 1 aromatic heterocycles. The lowest BCUT2D eigenvalue weighted by Gasteiger charge is -2.18. The van der Waals surface area contributed by atoms with Crippen LogP contribution in [0.15, 0.2) is 84.0 Å². The van der Waals surface area contributed by atoms with E-state index in [1.54, 1.807) is 12.1 Å². The first-order valence-corrected chi connectivity index (χ1v) is 12.0. The van der Waals surface area contributed by atoms with E-state index in [2.05, 4.69) is 16.3 Å². The molecule has 8 heteroatoms. The number of thioether (sulfide) groups is 1. The third kappa shape index (κ3) is 4.54. The van der Waals surface area contributed by atoms with Crippen LogP contribution in [0.25, 0.3) is 5.69 Å². The molecule has 0 saturated carbocycles. The number of hydrogen-bond acceptors (Lipinski definition) is 5. The van der Waals surface area contributed by atoms with E-state index < -0.39 is 6.10 Å². The van der Waals surface area contributed by atoms with Gasteiger partial charge in [-0.1, -0.05) is 48.2 Å². The van der Waals surface area contributed by atoms with Gasteiger partial charge in [-0.25, -0.2) is 4.39 Å². The molecule has 1 amide bonds. The van der Waals surface area contributed by atoms with Gasteiger partial charge in [-0.2, -0.15) is 0 Å². The summed E-state index contributed by atoms with van der Waals surface area (Å²) in [4.78, 5) is 14.9. The summed E-state index contributed by atoms with van der Waals surface area (Å²) in [6.45, 7) is 2.56. The van der Waals surface area contributed by atoms with Crippen LogP contribution < -0.4 is 9.64 Å². The first-order chi connectivity index (χ1) is 16.6. The van der Waals surface area contributed by atoms with Crippen LogP contribution in [-0.2, 0) is 11.2 Å². The Balaban J connectivity index is 1.37. The number of para-hydroxylation sites is 2. The lowest BCUT2D eigenvalue weighted by Crippen LogP contribution is -2.30. The number of halogens is 1. The molecule has 34 heavy (non-hydrogen) atoms. The molecule has 2 heterocycles. The van der Waals surface area contributed by atoms with Gasteiger partial charge in [0, 0.05) is 17.9 Å². The highest BCUT2D eigenvalue weighted by Gasteiger charge is 2.26. The summed E-state index contributed by atoms with van der Waals surface area (Å²) >= 11 is 1.35. The molecule has 0 N–H and O–H groups in total. The van der Waals surface area contributed by atoms with Crippen molar-refractivity contribution in [2.24, 2.45) is 0 Å². The third-order valence-electron chi connectivity index (χ3n) is 5.68. The van der Waals surface area contributed by atoms with E-state index >= 15 is 0 Å². The average molecular weight is 475 g/mol. The number of carbonyl (C=O) groups is 1. The van der Waals surface area contributed by atoms with Crippen LogP contribution in [0.4, 0.5) is 10.1 Å². The molecule has 4 aromatic rings. The SMILES string of the molecule is CC(Oc1ccc(F)cc1)c1nnc(SCC(=O)N2CCc3ccccc32)n1-c1ccccc1. The Morgan fingerprint density at radius 3 is 2.56 bits per heavy atom. The summed E-state index contributed by atoms with van der Waals surface area (Å²) in [5, 5.41) is 9.37. The van der Waals surface area contributed by atoms with Crippen molar-refractivity contribution >= 4 is 23.4 Å². The summed E-state index contributed by atoms with van der Waals surface area (Å²) in [7, 11) is 0. The van der Waals surface area contributed by atoms with Crippen molar-refractivity contribution < 1.29 is 13.9 Å². The molecule has 6 nitrogen and oxygen atoms in total. The van der Waals surface area contributed by atoms with Gasteiger partial charge >= 0.3 is 0 Å². The summed E-state index contributed by atoms with van der Waals surface area (Å²) in [5.41, 5.74) is 3.06. The van der Waals surface area contributed by atoms with E-state index in [-0.39, 0.29) is 17.5 Å². The van der Waals surface area contributed by atoms with E-state index in [0.717, 1.165) is 17.8 Å². The summed E-state index contributed by atoms with van der Waals surface area (Å²) in [6, 6.07) is 23.6. The number of carbonyl (C=O) groups excluding carboxylic acids is 1. The van der Waals surface area contributed by atoms with Crippen LogP contribution >= 0.6 is 11.8 Å². The predicted octanol–water partition coefficient (Wildman–Crippen LogP) is 5.23. The standard InChI is InChI=1S/C26H23FN4O2S/c1-18(33-22-13-11-20(27)12-14-22)25-28-29-26(31(25)21-8-3-2-4-9-21)34-17-24(32)30-16-15-19-7-5-6-10-23(19)30/h2-14,18H,15-17H2,1H3. The minimum atomic E-state index is -0.450. The van der Waals surface area contributed by atoms with Crippen molar-refractivity contribution in [3.05, 3.63) is 96.1 Å². The van der Waals surface area contributed by atoms with Gasteiger partial charge in [0.05, 0.1) is 5.75 Å². The van der Waals surface area contributed by atoms with Gasteiger partial charge in [-0.3, -0.25) is 9.36 Å². The molecule has 0 fully saturated rings. The van der Waals surface area contributed by atoms with E-state index in [1.165, 1.54) is 29.5 Å². The van der Waals surface area contributed by atoms with Gasteiger partial charge < -0.3 is 9.64 Å². The topological polar surface area (TPSA) is 60.3 Å². The number of hydrogen-bond donors (Lipinski definition) is 0. The largest absolute Gasteiger partial charge is 0.483 e. The van der Waals surface area contributed by atoms with Gasteiger partial charge in [-0.15, -0.1) is 10.2 Å². The smallest absolute Gasteiger partial charge is 0.237 e. The lowest BCUT2D eigenvalue weighted by atomic mass is 10.2. The highest BCUT2D eigenvalue weighted by Crippen LogP contribution is 2.31. The predicted molar refractivity (Wildman–Crippen MR) is 130 cm³/mol. The highest BCUT2D eigenvalue weighted by atomic mass is 32.2. The van der Waals surface area contributed by atoms with Gasteiger partial charge in [0.1, 0.15) is 11.6 Å². The average Bonchev–Trinajstić information content (AvgIpc) is 3.49. The third-order valence-corrected chi connectivity index (χ3v) is 6.59. The number of ether oxygens (including phenoxy) is 1. The maximum absolute atomic E-state index is 13.3. The molecule has 1 atom stereocenters. The van der Waals surface area contributed by atoms with Gasteiger partial charge in [0.25, 0.3) is 0 Å². The fraction of sp³-hybridized carbons (Fsp3) is 0.192. The van der Waals surface area contributed by atoms with Gasteiger partial charge in [0.15, 0.2) is 17.1 Å². The second-order valence-electron chi connectivity index (χ2n) is 7.94. The molecule has 1 unspecified atom stereocenters. The molecule has 0 spiro atoms. The number of amides is 1. The van der Waals surface area contributed by atoms with Crippen LogP contribution in [0, 0.1) is 5.82 Å². The molecule has 1 aliphatic heterocycles. The quantitative estimate of drug-likeness (QED) is 0.344. The van der Waals surface area contributed by atoms with Crippen LogP contribution in [0.5, 0.6) is 5.75 Å². The van der Waals surface area contributed by atoms with Crippen LogP contribution in [0.3, 0.4) is 0 Å². The van der Waals surface area contributed by atoms with Crippen molar-refractivity contribution in [2.75, 3.05) is 17.2 Å². The van der Waals surface area contributed by atoms with Crippen molar-refractivity contribution in [3.63, 3.8) is 0 Å². The maximum Gasteiger partial charge on any atom is 0.237 e. The van der Waals surface area contributed by atoms with E-state index in [1.807, 2.05) is 64.9 Å². The minimum absolute atomic E-state index is 0.0368. The molecule has 172 valence electrons. The van der Waals surface area contributed by atoms with Crippen molar-refractivity contribution in [2.45, 2.75) is 24.6 Å². The molecule has 1 aliphatic rings. The molecule has 5 rings (SSSR count). The zero-order valence-corrected chi connectivity index (χ0v) is 19.4. The van der Waals surface area contributed by atoms with Crippen molar-refractivity contribution in [3.8, 4) is 11.4 Å². The summed E-state index contributed by atoms with van der Waals surface area (Å²) < 4.78 is 21.2. The minimum Gasteiger partial charge on any atom is -0.483 e. The van der Waals surface area contributed by atoms with E-state index in [9.17, 15) is 9.18 Å². The van der Waals surface area contributed by atoms with E-state index in [4.69, 9.17) is 4.74 Å². The first-order valence-electron chi connectivity index (χ1n) is 11.0. The number of fused-ring (bicyclic) bond motifs is 1. The monoisotopic (exact) mass is 474 g/mol. The van der Waals surface area contributed by atoms with E-state index in [0.29, 0.717) is 23.3 Å². The molecule has 0 aliphatic carbocycles. The highest BCUT2D eigenvalue weighted by molar-refractivity contribution is 7.99. The Hall–Kier alpha value is -3.65. The van der Waals surface area contributed by atoms with Gasteiger partial charge in [0.2, 0.25) is 5.91 Å².